The van der Waals surface area contributed by atoms with Crippen LogP contribution in [0.25, 0.3) is 0 Å². The summed E-state index contributed by atoms with van der Waals surface area (Å²) in [7, 11) is 3.45. The summed E-state index contributed by atoms with van der Waals surface area (Å²) >= 11 is 0. The highest BCUT2D eigenvalue weighted by Gasteiger charge is 2.17. The molecule has 0 saturated heterocycles. The molecule has 0 spiro atoms. The predicted octanol–water partition coefficient (Wildman–Crippen LogP) is -0.259. The minimum atomic E-state index is 0.660. The second kappa shape index (κ2) is 1.86. The molecule has 0 atom stereocenters. The number of hydrogen-bond donors (Lipinski definition) is 0. The largest absolute Gasteiger partial charge is 0.470 e. The van der Waals surface area contributed by atoms with Crippen LogP contribution >= 0.6 is 0 Å². The van der Waals surface area contributed by atoms with E-state index >= 15 is 0 Å². The van der Waals surface area contributed by atoms with Crippen LogP contribution in [0.1, 0.15) is 0 Å². The van der Waals surface area contributed by atoms with Crippen LogP contribution in [0.3, 0.4) is 0 Å². The van der Waals surface area contributed by atoms with E-state index in [1.165, 1.54) is 0 Å². The normalized spacial score (nSPS) is 16.8. The van der Waals surface area contributed by atoms with Crippen molar-refractivity contribution in [3.05, 3.63) is 12.3 Å². The number of nitrogens with zero attached hydrogens (tertiary/aromatic N) is 2. The van der Waals surface area contributed by atoms with Gasteiger partial charge in [0, 0.05) is 0 Å². The molecule has 0 N–H and O–H groups in total. The number of hydrazone groups is 1. The van der Waals surface area contributed by atoms with Crippen LogP contribution in [-0.4, -0.2) is 25.1 Å². The molecule has 8 heavy (non-hydrogen) atoms. The molecule has 1 radical (unpaired) electrons. The van der Waals surface area contributed by atoms with Gasteiger partial charge in [-0.3, -0.25) is 0 Å². The van der Waals surface area contributed by atoms with Gasteiger partial charge in [0.2, 0.25) is 5.10 Å². The van der Waals surface area contributed by atoms with Crippen molar-refractivity contribution in [1.82, 2.24) is 10.1 Å². The van der Waals surface area contributed by atoms with Gasteiger partial charge in [-0.2, -0.15) is 0 Å². The Morgan fingerprint density at radius 1 is 1.75 bits per heavy atom. The summed E-state index contributed by atoms with van der Waals surface area (Å²) in [6, 6.07) is 0. The predicted molar refractivity (Wildman–Crippen MR) is 31.1 cm³/mol. The minimum absolute atomic E-state index is 0.660. The van der Waals surface area contributed by atoms with Crippen LogP contribution in [0, 0.1) is 0 Å². The van der Waals surface area contributed by atoms with Gasteiger partial charge >= 0.3 is 5.90 Å². The van der Waals surface area contributed by atoms with E-state index < -0.39 is 0 Å². The van der Waals surface area contributed by atoms with Gasteiger partial charge in [-0.05, 0) is 0 Å². The highest BCUT2D eigenvalue weighted by molar-refractivity contribution is 5.87. The van der Waals surface area contributed by atoms with Crippen LogP contribution in [0.5, 0.6) is 0 Å². The lowest BCUT2D eigenvalue weighted by Crippen LogP contribution is -2.12. The van der Waals surface area contributed by atoms with E-state index in [4.69, 9.17) is 4.74 Å². The van der Waals surface area contributed by atoms with Crippen molar-refractivity contribution in [3.8, 4) is 0 Å². The first-order chi connectivity index (χ1) is 3.83. The van der Waals surface area contributed by atoms with Crippen LogP contribution in [-0.2, 0) is 4.74 Å². The fourth-order valence-corrected chi connectivity index (χ4v) is 0.503. The molecule has 0 saturated carbocycles. The Morgan fingerprint density at radius 3 is 2.75 bits per heavy atom. The van der Waals surface area contributed by atoms with Crippen molar-refractivity contribution in [2.45, 2.75) is 0 Å². The lowest BCUT2D eigenvalue weighted by molar-refractivity contribution is 0.367. The van der Waals surface area contributed by atoms with E-state index in [1.54, 1.807) is 18.2 Å². The maximum atomic E-state index is 4.80. The number of methoxy groups -OCH3 is 1. The van der Waals surface area contributed by atoms with E-state index in [0.29, 0.717) is 5.90 Å². The molecule has 0 aromatic carbocycles. The Hall–Kier alpha value is -0.990. The zero-order chi connectivity index (χ0) is 5.98. The topological polar surface area (TPSA) is 26.6 Å². The lowest BCUT2D eigenvalue weighted by atomic mass is 10.6. The first-order valence-electron chi connectivity index (χ1n) is 2.36. The number of hydrogen-bond acceptors (Lipinski definition) is 3. The molecule has 1 aliphatic rings. The second-order valence-corrected chi connectivity index (χ2v) is 1.53. The highest BCUT2D eigenvalue weighted by atomic mass is 16.5. The first kappa shape index (κ1) is 5.15. The van der Waals surface area contributed by atoms with Gasteiger partial charge in [-0.1, -0.05) is 5.01 Å². The third-order valence-corrected chi connectivity index (χ3v) is 0.898. The van der Waals surface area contributed by atoms with E-state index in [9.17, 15) is 0 Å². The minimum Gasteiger partial charge on any atom is -0.441 e. The summed E-state index contributed by atoms with van der Waals surface area (Å²) in [5, 5.41) is 5.62. The zero-order valence-corrected chi connectivity index (χ0v) is 4.96. The molecular formula is C5H8N2O+. The van der Waals surface area contributed by atoms with Crippen LogP contribution in [0.4, 0.5) is 0 Å². The lowest BCUT2D eigenvalue weighted by Gasteiger charge is -1.80. The third kappa shape index (κ3) is 0.804. The Balaban J connectivity index is 2.58. The quantitative estimate of drug-likeness (QED) is 0.431. The molecule has 0 fully saturated rings. The molecule has 1 aliphatic heterocycles. The van der Waals surface area contributed by atoms with E-state index in [2.05, 4.69) is 5.10 Å². The van der Waals surface area contributed by atoms with E-state index in [0.717, 1.165) is 0 Å². The maximum absolute atomic E-state index is 4.80. The average Bonchev–Trinajstić information content (AvgIpc) is 2.14. The van der Waals surface area contributed by atoms with Crippen molar-refractivity contribution < 1.29 is 4.74 Å². The molecule has 1 rings (SSSR count). The van der Waals surface area contributed by atoms with Gasteiger partial charge in [0.1, 0.15) is 0 Å². The van der Waals surface area contributed by atoms with Crippen molar-refractivity contribution in [1.29, 1.82) is 0 Å². The third-order valence-electron chi connectivity index (χ3n) is 0.898. The Labute approximate surface area is 48.2 Å². The Bertz CT molecular complexity index is 139. The molecule has 0 unspecified atom stereocenters. The number of ether oxygens (including phenoxy) is 1. The van der Waals surface area contributed by atoms with Crippen LogP contribution in [0.2, 0.25) is 0 Å². The molecule has 0 aliphatic carbocycles. The van der Waals surface area contributed by atoms with Gasteiger partial charge in [-0.15, -0.1) is 0 Å². The van der Waals surface area contributed by atoms with Crippen LogP contribution in [0.15, 0.2) is 12.3 Å². The van der Waals surface area contributed by atoms with Gasteiger partial charge in [0.05, 0.1) is 26.4 Å². The molecular weight excluding hydrogens is 104 g/mol. The van der Waals surface area contributed by atoms with Gasteiger partial charge in [-0.25, -0.2) is 0 Å². The fourth-order valence-electron chi connectivity index (χ4n) is 0.503. The van der Waals surface area contributed by atoms with E-state index in [1.807, 2.05) is 13.2 Å². The molecule has 1 heterocycles. The summed E-state index contributed by atoms with van der Waals surface area (Å²) in [6.45, 7) is 0. The summed E-state index contributed by atoms with van der Waals surface area (Å²) in [5.74, 6) is 0.660. The summed E-state index contributed by atoms with van der Waals surface area (Å²) < 4.78 is 4.80. The summed E-state index contributed by atoms with van der Waals surface area (Å²) in [6.07, 6.45) is 3.64. The molecule has 3 heteroatoms. The summed E-state index contributed by atoms with van der Waals surface area (Å²) in [5.41, 5.74) is 0. The molecule has 0 amide bonds. The highest BCUT2D eigenvalue weighted by Crippen LogP contribution is 1.88. The monoisotopic (exact) mass is 112 g/mol. The Kier molecular flexibility index (Phi) is 1.20. The Morgan fingerprint density at radius 2 is 2.50 bits per heavy atom. The van der Waals surface area contributed by atoms with Gasteiger partial charge in [0.15, 0.2) is 0 Å². The number of rotatable bonds is 0. The van der Waals surface area contributed by atoms with Gasteiger partial charge in [0.25, 0.3) is 0 Å². The average molecular weight is 112 g/mol. The standard InChI is InChI=1S/C5H8N2O/c1-7-4-3-5(6-7)8-2/h3-4H,1-2H3/q+1. The second-order valence-electron chi connectivity index (χ2n) is 1.53. The van der Waals surface area contributed by atoms with Crippen LogP contribution < -0.4 is 5.10 Å². The van der Waals surface area contributed by atoms with E-state index in [-0.39, 0.29) is 0 Å². The van der Waals surface area contributed by atoms with Crippen molar-refractivity contribution in [2.75, 3.05) is 14.2 Å². The first-order valence-corrected chi connectivity index (χ1v) is 2.36. The smallest absolute Gasteiger partial charge is 0.441 e. The SMILES string of the molecule is COC1=[N+]N(C)C=C1. The van der Waals surface area contributed by atoms with Crippen molar-refractivity contribution in [2.24, 2.45) is 0 Å². The molecule has 0 aromatic heterocycles. The van der Waals surface area contributed by atoms with Crippen molar-refractivity contribution in [3.63, 3.8) is 0 Å². The van der Waals surface area contributed by atoms with Gasteiger partial charge < -0.3 is 4.74 Å². The molecule has 43 valence electrons. The molecule has 0 bridgehead atoms. The maximum Gasteiger partial charge on any atom is 0.470 e. The molecule has 3 nitrogen and oxygen atoms in total. The zero-order valence-electron chi connectivity index (χ0n) is 4.96. The molecule has 0 aromatic rings. The van der Waals surface area contributed by atoms with Crippen molar-refractivity contribution >= 4 is 5.90 Å². The summed E-state index contributed by atoms with van der Waals surface area (Å²) in [4.78, 5) is 0. The fraction of sp³-hybridized carbons (Fsp3) is 0.400.